The van der Waals surface area contributed by atoms with Gasteiger partial charge in [-0.15, -0.1) is 0 Å². The summed E-state index contributed by atoms with van der Waals surface area (Å²) < 4.78 is 17.1. The van der Waals surface area contributed by atoms with Gasteiger partial charge in [0.05, 0.1) is 16.5 Å². The third-order valence-electron chi connectivity index (χ3n) is 4.20. The average molecular weight is 338 g/mol. The molecule has 0 atom stereocenters. The Morgan fingerprint density at radius 2 is 1.92 bits per heavy atom. The van der Waals surface area contributed by atoms with Gasteiger partial charge in [-0.3, -0.25) is 4.79 Å². The molecule has 2 heterocycles. The highest BCUT2D eigenvalue weighted by molar-refractivity contribution is 5.79. The number of hydrogen-bond acceptors (Lipinski definition) is 3. The van der Waals surface area contributed by atoms with Crippen molar-refractivity contribution in [1.29, 1.82) is 5.26 Å². The zero-order valence-electron chi connectivity index (χ0n) is 14.2. The van der Waals surface area contributed by atoms with Gasteiger partial charge in [-0.1, -0.05) is 6.07 Å². The van der Waals surface area contributed by atoms with Crippen molar-refractivity contribution in [3.63, 3.8) is 0 Å². The largest absolute Gasteiger partial charge is 0.343 e. The molecule has 5 nitrogen and oxygen atoms in total. The van der Waals surface area contributed by atoms with Gasteiger partial charge in [-0.2, -0.15) is 5.26 Å². The smallest absolute Gasteiger partial charge is 0.260 e. The normalized spacial score (nSPS) is 11.2. The second-order valence-corrected chi connectivity index (χ2v) is 6.29. The predicted molar refractivity (Wildman–Crippen MR) is 95.0 cm³/mol. The number of aromatic nitrogens is 2. The molecular formula is C19H19FN4O. The Labute approximate surface area is 145 Å². The van der Waals surface area contributed by atoms with E-state index in [2.05, 4.69) is 0 Å². The Hall–Kier alpha value is -2.91. The number of halogens is 1. The number of pyridine rings is 1. The van der Waals surface area contributed by atoms with Crippen LogP contribution in [0.25, 0.3) is 10.9 Å². The molecule has 0 fully saturated rings. The standard InChI is InChI=1S/C19H19FN4O/c1-22(2)9-10-23-8-6-18-16(19(23)25)5-7-24(18)13-14-3-4-17(20)15(11-14)12-21/h3-8,11H,9-10,13H2,1-2H3. The SMILES string of the molecule is CN(C)CCn1ccc2c(ccn2Cc2ccc(F)c(C#N)c2)c1=O. The first-order valence-corrected chi connectivity index (χ1v) is 8.01. The Balaban J connectivity index is 1.93. The highest BCUT2D eigenvalue weighted by atomic mass is 19.1. The fourth-order valence-electron chi connectivity index (χ4n) is 2.81. The predicted octanol–water partition coefficient (Wildman–Crippen LogP) is 2.42. The lowest BCUT2D eigenvalue weighted by Crippen LogP contribution is -2.26. The molecule has 0 amide bonds. The molecule has 3 rings (SSSR count). The lowest BCUT2D eigenvalue weighted by molar-refractivity contribution is 0.381. The van der Waals surface area contributed by atoms with Crippen LogP contribution < -0.4 is 5.56 Å². The topological polar surface area (TPSA) is 54.0 Å². The Bertz CT molecular complexity index is 1010. The number of benzene rings is 1. The van der Waals surface area contributed by atoms with Crippen molar-refractivity contribution >= 4 is 10.9 Å². The molecule has 2 aromatic heterocycles. The van der Waals surface area contributed by atoms with E-state index in [-0.39, 0.29) is 11.1 Å². The fourth-order valence-corrected chi connectivity index (χ4v) is 2.81. The van der Waals surface area contributed by atoms with Crippen LogP contribution in [-0.2, 0) is 13.1 Å². The molecule has 0 unspecified atom stereocenters. The molecule has 1 aromatic carbocycles. The van der Waals surface area contributed by atoms with Gasteiger partial charge in [-0.05, 0) is 43.9 Å². The van der Waals surface area contributed by atoms with E-state index < -0.39 is 5.82 Å². The van der Waals surface area contributed by atoms with Gasteiger partial charge in [0.25, 0.3) is 5.56 Å². The maximum absolute atomic E-state index is 13.5. The van der Waals surface area contributed by atoms with Crippen LogP contribution >= 0.6 is 0 Å². The first kappa shape index (κ1) is 16.9. The zero-order valence-corrected chi connectivity index (χ0v) is 14.2. The highest BCUT2D eigenvalue weighted by Gasteiger charge is 2.09. The van der Waals surface area contributed by atoms with Gasteiger partial charge >= 0.3 is 0 Å². The van der Waals surface area contributed by atoms with Crippen molar-refractivity contribution in [2.45, 2.75) is 13.1 Å². The van der Waals surface area contributed by atoms with Gasteiger partial charge < -0.3 is 14.0 Å². The number of fused-ring (bicyclic) bond motifs is 1. The van der Waals surface area contributed by atoms with Crippen molar-refractivity contribution in [1.82, 2.24) is 14.0 Å². The summed E-state index contributed by atoms with van der Waals surface area (Å²) in [6.07, 6.45) is 3.65. The van der Waals surface area contributed by atoms with Gasteiger partial charge in [0.1, 0.15) is 11.9 Å². The number of nitrogens with zero attached hydrogens (tertiary/aromatic N) is 4. The molecule has 0 N–H and O–H groups in total. The quantitative estimate of drug-likeness (QED) is 0.718. The van der Waals surface area contributed by atoms with Crippen molar-refractivity contribution in [3.8, 4) is 6.07 Å². The molecule has 0 saturated heterocycles. The summed E-state index contributed by atoms with van der Waals surface area (Å²) >= 11 is 0. The molecule has 0 saturated carbocycles. The van der Waals surface area contributed by atoms with Crippen LogP contribution in [-0.4, -0.2) is 34.7 Å². The minimum absolute atomic E-state index is 0.0186. The van der Waals surface area contributed by atoms with E-state index in [0.717, 1.165) is 17.6 Å². The molecule has 6 heteroatoms. The van der Waals surface area contributed by atoms with Crippen LogP contribution in [0, 0.1) is 17.1 Å². The van der Waals surface area contributed by atoms with Gasteiger partial charge in [-0.25, -0.2) is 4.39 Å². The van der Waals surface area contributed by atoms with E-state index in [9.17, 15) is 9.18 Å². The Morgan fingerprint density at radius 3 is 2.64 bits per heavy atom. The molecule has 0 spiro atoms. The van der Waals surface area contributed by atoms with Crippen molar-refractivity contribution in [2.75, 3.05) is 20.6 Å². The minimum atomic E-state index is -0.521. The summed E-state index contributed by atoms with van der Waals surface area (Å²) in [6.45, 7) is 1.90. The Morgan fingerprint density at radius 1 is 1.16 bits per heavy atom. The van der Waals surface area contributed by atoms with Crippen LogP contribution in [0.4, 0.5) is 4.39 Å². The minimum Gasteiger partial charge on any atom is -0.343 e. The van der Waals surface area contributed by atoms with Crippen molar-refractivity contribution < 1.29 is 4.39 Å². The summed E-state index contributed by atoms with van der Waals surface area (Å²) in [4.78, 5) is 14.6. The molecule has 0 aliphatic rings. The monoisotopic (exact) mass is 338 g/mol. The maximum atomic E-state index is 13.5. The molecule has 0 aliphatic carbocycles. The summed E-state index contributed by atoms with van der Waals surface area (Å²) in [7, 11) is 3.94. The summed E-state index contributed by atoms with van der Waals surface area (Å²) in [6, 6.07) is 10.1. The van der Waals surface area contributed by atoms with E-state index in [4.69, 9.17) is 5.26 Å². The number of rotatable bonds is 5. The molecule has 3 aromatic rings. The van der Waals surface area contributed by atoms with E-state index >= 15 is 0 Å². The first-order valence-electron chi connectivity index (χ1n) is 8.01. The van der Waals surface area contributed by atoms with E-state index in [1.54, 1.807) is 29.0 Å². The van der Waals surface area contributed by atoms with Crippen molar-refractivity contribution in [2.24, 2.45) is 0 Å². The number of likely N-dealkylation sites (N-methyl/N-ethyl adjacent to an activating group) is 1. The van der Waals surface area contributed by atoms with E-state index in [0.29, 0.717) is 18.5 Å². The van der Waals surface area contributed by atoms with Gasteiger partial charge in [0.2, 0.25) is 0 Å². The van der Waals surface area contributed by atoms with Crippen molar-refractivity contribution in [3.05, 3.63) is 70.0 Å². The maximum Gasteiger partial charge on any atom is 0.260 e. The van der Waals surface area contributed by atoms with Crippen LogP contribution in [0.15, 0.2) is 47.5 Å². The second-order valence-electron chi connectivity index (χ2n) is 6.29. The third-order valence-corrected chi connectivity index (χ3v) is 4.20. The summed E-state index contributed by atoms with van der Waals surface area (Å²) in [5.41, 5.74) is 1.65. The summed E-state index contributed by atoms with van der Waals surface area (Å²) in [5, 5.41) is 9.61. The number of hydrogen-bond donors (Lipinski definition) is 0. The molecular weight excluding hydrogens is 319 g/mol. The highest BCUT2D eigenvalue weighted by Crippen LogP contribution is 2.16. The van der Waals surface area contributed by atoms with Crippen LogP contribution in [0.1, 0.15) is 11.1 Å². The van der Waals surface area contributed by atoms with E-state index in [1.165, 1.54) is 6.07 Å². The second kappa shape index (κ2) is 6.91. The first-order chi connectivity index (χ1) is 12.0. The summed E-state index contributed by atoms with van der Waals surface area (Å²) in [5.74, 6) is -0.521. The lowest BCUT2D eigenvalue weighted by atomic mass is 10.1. The lowest BCUT2D eigenvalue weighted by Gasteiger charge is -2.12. The van der Waals surface area contributed by atoms with E-state index in [1.807, 2.05) is 41.9 Å². The molecule has 0 aliphatic heterocycles. The van der Waals surface area contributed by atoms with Crippen LogP contribution in [0.3, 0.4) is 0 Å². The molecule has 0 bridgehead atoms. The molecule has 0 radical (unpaired) electrons. The fraction of sp³-hybridized carbons (Fsp3) is 0.263. The average Bonchev–Trinajstić information content (AvgIpc) is 2.99. The van der Waals surface area contributed by atoms with Crippen LogP contribution in [0.2, 0.25) is 0 Å². The molecule has 25 heavy (non-hydrogen) atoms. The molecule has 128 valence electrons. The zero-order chi connectivity index (χ0) is 18.0. The van der Waals surface area contributed by atoms with Gasteiger partial charge in [0, 0.05) is 32.0 Å². The van der Waals surface area contributed by atoms with Gasteiger partial charge in [0.15, 0.2) is 0 Å². The number of nitriles is 1. The third kappa shape index (κ3) is 3.47. The van der Waals surface area contributed by atoms with Crippen LogP contribution in [0.5, 0.6) is 0 Å². The Kier molecular flexibility index (Phi) is 4.68.